The number of carbonyl (C=O) groups excluding carboxylic acids is 1. The van der Waals surface area contributed by atoms with Crippen molar-refractivity contribution in [2.45, 2.75) is 26.8 Å². The van der Waals surface area contributed by atoms with Crippen molar-refractivity contribution in [1.82, 2.24) is 24.4 Å². The number of likely N-dealkylation sites (N-methyl/N-ethyl adjacent to an activating group) is 1. The lowest BCUT2D eigenvalue weighted by Gasteiger charge is -2.18. The maximum Gasteiger partial charge on any atom is 0.260 e. The van der Waals surface area contributed by atoms with Gasteiger partial charge in [0.15, 0.2) is 0 Å². The summed E-state index contributed by atoms with van der Waals surface area (Å²) in [6, 6.07) is 8.67. The first-order valence-electron chi connectivity index (χ1n) is 14.0. The SMILES string of the molecule is C=CC(=O)Nc1ccc(CCn2c(=O)c(-c3cc(OC)cc(OC)c3Cl)cc3cnc(NCCN(CC)CC)nc32)cn1. The van der Waals surface area contributed by atoms with Crippen molar-refractivity contribution in [3.8, 4) is 22.6 Å². The van der Waals surface area contributed by atoms with Crippen LogP contribution in [0.5, 0.6) is 11.5 Å². The minimum absolute atomic E-state index is 0.277. The number of aryl methyl sites for hydroxylation is 2. The number of fused-ring (bicyclic) bond motifs is 1. The summed E-state index contributed by atoms with van der Waals surface area (Å²) in [7, 11) is 3.05. The number of nitrogens with zero attached hydrogens (tertiary/aromatic N) is 5. The Labute approximate surface area is 255 Å². The molecule has 4 aromatic rings. The molecule has 0 radical (unpaired) electrons. The summed E-state index contributed by atoms with van der Waals surface area (Å²) in [6.45, 7) is 11.4. The number of halogens is 1. The number of hydrogen-bond donors (Lipinski definition) is 2. The zero-order chi connectivity index (χ0) is 30.9. The summed E-state index contributed by atoms with van der Waals surface area (Å²) in [5, 5.41) is 6.88. The molecule has 1 aromatic carbocycles. The molecule has 12 heteroatoms. The molecular weight excluding hydrogens is 570 g/mol. The van der Waals surface area contributed by atoms with E-state index in [2.05, 4.69) is 45.9 Å². The number of pyridine rings is 2. The van der Waals surface area contributed by atoms with Crippen LogP contribution in [0.4, 0.5) is 11.8 Å². The van der Waals surface area contributed by atoms with Gasteiger partial charge in [-0.15, -0.1) is 0 Å². The Kier molecular flexibility index (Phi) is 10.7. The predicted molar refractivity (Wildman–Crippen MR) is 170 cm³/mol. The average Bonchev–Trinajstić information content (AvgIpc) is 3.03. The van der Waals surface area contributed by atoms with E-state index in [1.54, 1.807) is 41.2 Å². The minimum atomic E-state index is -0.343. The highest BCUT2D eigenvalue weighted by Gasteiger charge is 2.19. The molecule has 43 heavy (non-hydrogen) atoms. The molecule has 0 saturated heterocycles. The van der Waals surface area contributed by atoms with Crippen LogP contribution in [-0.2, 0) is 17.8 Å². The monoisotopic (exact) mass is 605 g/mol. The number of nitrogens with one attached hydrogen (secondary N) is 2. The van der Waals surface area contributed by atoms with Gasteiger partial charge in [0.05, 0.1) is 19.2 Å². The van der Waals surface area contributed by atoms with Gasteiger partial charge in [-0.05, 0) is 49.3 Å². The van der Waals surface area contributed by atoms with Crippen molar-refractivity contribution in [3.63, 3.8) is 0 Å². The fraction of sp³-hybridized carbons (Fsp3) is 0.323. The molecule has 0 atom stereocenters. The summed E-state index contributed by atoms with van der Waals surface area (Å²) in [6.07, 6.45) is 5.02. The van der Waals surface area contributed by atoms with Crippen LogP contribution in [0.25, 0.3) is 22.2 Å². The van der Waals surface area contributed by atoms with Gasteiger partial charge >= 0.3 is 0 Å². The Hall–Kier alpha value is -4.48. The molecule has 226 valence electrons. The van der Waals surface area contributed by atoms with Crippen LogP contribution in [0, 0.1) is 0 Å². The molecular formula is C31H36ClN7O4. The number of aromatic nitrogens is 4. The summed E-state index contributed by atoms with van der Waals surface area (Å²) in [5.41, 5.74) is 1.92. The summed E-state index contributed by atoms with van der Waals surface area (Å²) in [4.78, 5) is 41.6. The highest BCUT2D eigenvalue weighted by molar-refractivity contribution is 6.35. The van der Waals surface area contributed by atoms with Crippen LogP contribution in [0.3, 0.4) is 0 Å². The lowest BCUT2D eigenvalue weighted by molar-refractivity contribution is -0.111. The summed E-state index contributed by atoms with van der Waals surface area (Å²) >= 11 is 6.70. The number of carbonyl (C=O) groups is 1. The van der Waals surface area contributed by atoms with E-state index in [-0.39, 0.29) is 11.5 Å². The van der Waals surface area contributed by atoms with Gasteiger partial charge < -0.3 is 25.0 Å². The molecule has 0 aliphatic heterocycles. The standard InChI is InChI=1S/C31H36ClN7O4/c1-6-27(40)36-26-10-9-20(18-34-26)11-13-39-29-21(19-35-31(37-29)33-12-14-38(7-2)8-3)15-24(30(39)41)23-16-22(42-4)17-25(43-5)28(23)32/h6,9-10,15-19H,1,7-8,11-14H2,2-5H3,(H,33,35,37)(H,34,36,40). The van der Waals surface area contributed by atoms with Gasteiger partial charge in [-0.2, -0.15) is 4.98 Å². The maximum atomic E-state index is 14.1. The van der Waals surface area contributed by atoms with Crippen molar-refractivity contribution in [3.05, 3.63) is 76.3 Å². The second kappa shape index (κ2) is 14.6. The summed E-state index contributed by atoms with van der Waals surface area (Å²) in [5.74, 6) is 1.39. The first-order chi connectivity index (χ1) is 20.8. The van der Waals surface area contributed by atoms with Crippen LogP contribution >= 0.6 is 11.6 Å². The molecule has 1 amide bonds. The first kappa shape index (κ1) is 31.5. The number of hydrogen-bond acceptors (Lipinski definition) is 9. The van der Waals surface area contributed by atoms with E-state index in [0.717, 1.165) is 25.2 Å². The van der Waals surface area contributed by atoms with E-state index in [1.807, 2.05) is 6.07 Å². The Balaban J connectivity index is 1.75. The molecule has 3 aromatic heterocycles. The Morgan fingerprint density at radius 1 is 1.09 bits per heavy atom. The largest absolute Gasteiger partial charge is 0.497 e. The second-order valence-corrected chi connectivity index (χ2v) is 10.0. The van der Waals surface area contributed by atoms with E-state index in [1.165, 1.54) is 20.3 Å². The topological polar surface area (TPSA) is 124 Å². The molecule has 0 saturated carbocycles. The van der Waals surface area contributed by atoms with Gasteiger partial charge in [-0.3, -0.25) is 14.2 Å². The molecule has 0 bridgehead atoms. The number of rotatable bonds is 14. The van der Waals surface area contributed by atoms with Crippen molar-refractivity contribution in [2.75, 3.05) is 51.0 Å². The molecule has 0 aliphatic rings. The highest BCUT2D eigenvalue weighted by atomic mass is 35.5. The minimum Gasteiger partial charge on any atom is -0.497 e. The van der Waals surface area contributed by atoms with E-state index in [9.17, 15) is 9.59 Å². The van der Waals surface area contributed by atoms with Crippen LogP contribution in [0.15, 0.2) is 60.2 Å². The lowest BCUT2D eigenvalue weighted by atomic mass is 10.0. The van der Waals surface area contributed by atoms with Crippen molar-refractivity contribution in [1.29, 1.82) is 0 Å². The van der Waals surface area contributed by atoms with Crippen LogP contribution < -0.4 is 25.7 Å². The normalized spacial score (nSPS) is 11.0. The number of anilines is 2. The lowest BCUT2D eigenvalue weighted by Crippen LogP contribution is -2.29. The summed E-state index contributed by atoms with van der Waals surface area (Å²) < 4.78 is 12.5. The van der Waals surface area contributed by atoms with Crippen LogP contribution in [0.1, 0.15) is 19.4 Å². The Morgan fingerprint density at radius 2 is 1.88 bits per heavy atom. The first-order valence-corrected chi connectivity index (χ1v) is 14.4. The second-order valence-electron chi connectivity index (χ2n) is 9.63. The van der Waals surface area contributed by atoms with Crippen LogP contribution in [0.2, 0.25) is 5.02 Å². The third-order valence-corrected chi connectivity index (χ3v) is 7.47. The van der Waals surface area contributed by atoms with Gasteiger partial charge in [0.1, 0.15) is 23.0 Å². The van der Waals surface area contributed by atoms with E-state index >= 15 is 0 Å². The molecule has 11 nitrogen and oxygen atoms in total. The van der Waals surface area contributed by atoms with Crippen molar-refractivity contribution in [2.24, 2.45) is 0 Å². The quantitative estimate of drug-likeness (QED) is 0.198. The molecule has 4 rings (SSSR count). The number of benzene rings is 1. The molecule has 0 fully saturated rings. The Bertz CT molecular complexity index is 1650. The van der Waals surface area contributed by atoms with E-state index in [0.29, 0.717) is 70.0 Å². The zero-order valence-electron chi connectivity index (χ0n) is 24.8. The molecule has 2 N–H and O–H groups in total. The number of amides is 1. The third kappa shape index (κ3) is 7.49. The van der Waals surface area contributed by atoms with E-state index in [4.69, 9.17) is 26.1 Å². The molecule has 0 aliphatic carbocycles. The number of methoxy groups -OCH3 is 2. The number of ether oxygens (including phenoxy) is 2. The van der Waals surface area contributed by atoms with Gasteiger partial charge in [0, 0.05) is 54.6 Å². The highest BCUT2D eigenvalue weighted by Crippen LogP contribution is 2.38. The average molecular weight is 606 g/mol. The van der Waals surface area contributed by atoms with Gasteiger partial charge in [0.25, 0.3) is 5.56 Å². The van der Waals surface area contributed by atoms with Crippen molar-refractivity contribution < 1.29 is 14.3 Å². The molecule has 0 unspecified atom stereocenters. The van der Waals surface area contributed by atoms with Crippen molar-refractivity contribution >= 4 is 40.3 Å². The molecule has 0 spiro atoms. The maximum absolute atomic E-state index is 14.1. The third-order valence-electron chi connectivity index (χ3n) is 7.08. The fourth-order valence-electron chi connectivity index (χ4n) is 4.61. The smallest absolute Gasteiger partial charge is 0.260 e. The van der Waals surface area contributed by atoms with Crippen LogP contribution in [-0.4, -0.2) is 70.7 Å². The predicted octanol–water partition coefficient (Wildman–Crippen LogP) is 4.65. The van der Waals surface area contributed by atoms with Gasteiger partial charge in [-0.1, -0.05) is 38.1 Å². The molecule has 3 heterocycles. The fourth-order valence-corrected chi connectivity index (χ4v) is 4.90. The Morgan fingerprint density at radius 3 is 2.53 bits per heavy atom. The zero-order valence-corrected chi connectivity index (χ0v) is 25.6. The van der Waals surface area contributed by atoms with Gasteiger partial charge in [-0.25, -0.2) is 9.97 Å². The van der Waals surface area contributed by atoms with Gasteiger partial charge in [0.2, 0.25) is 11.9 Å². The van der Waals surface area contributed by atoms with E-state index < -0.39 is 0 Å².